The van der Waals surface area contributed by atoms with Crippen LogP contribution in [0.4, 0.5) is 4.79 Å². The number of halogens is 3. The molecule has 0 bridgehead atoms. The van der Waals surface area contributed by atoms with Crippen LogP contribution in [0.15, 0.2) is 45.8 Å². The number of benzene rings is 2. The smallest absolute Gasteiger partial charge is 0.293 e. The van der Waals surface area contributed by atoms with Gasteiger partial charge in [-0.05, 0) is 53.2 Å². The predicted molar refractivity (Wildman–Crippen MR) is 109 cm³/mol. The quantitative estimate of drug-likeness (QED) is 0.512. The SMILES string of the molecule is CN1C(=O)S/C(=C\c2cc(Cl)c(OCc3ccc(Br)cc3)c(Cl)c2)C1=O. The van der Waals surface area contributed by atoms with Crippen molar-refractivity contribution in [2.75, 3.05) is 7.05 Å². The molecule has 1 saturated heterocycles. The van der Waals surface area contributed by atoms with E-state index in [4.69, 9.17) is 27.9 Å². The monoisotopic (exact) mass is 471 g/mol. The average Bonchev–Trinajstić information content (AvgIpc) is 2.83. The van der Waals surface area contributed by atoms with Crippen molar-refractivity contribution in [3.8, 4) is 5.75 Å². The number of amides is 2. The number of nitrogens with zero attached hydrogens (tertiary/aromatic N) is 1. The number of carbonyl (C=O) groups is 2. The van der Waals surface area contributed by atoms with Gasteiger partial charge in [0.25, 0.3) is 11.1 Å². The van der Waals surface area contributed by atoms with E-state index in [1.165, 1.54) is 7.05 Å². The summed E-state index contributed by atoms with van der Waals surface area (Å²) in [7, 11) is 1.44. The van der Waals surface area contributed by atoms with Crippen LogP contribution in [0.3, 0.4) is 0 Å². The first-order valence-corrected chi connectivity index (χ1v) is 9.79. The minimum atomic E-state index is -0.345. The molecule has 2 amide bonds. The van der Waals surface area contributed by atoms with Gasteiger partial charge in [-0.1, -0.05) is 51.3 Å². The van der Waals surface area contributed by atoms with E-state index in [0.29, 0.717) is 32.9 Å². The third-order valence-corrected chi connectivity index (χ3v) is 5.65. The Labute approximate surface area is 173 Å². The molecule has 2 aromatic carbocycles. The van der Waals surface area contributed by atoms with E-state index >= 15 is 0 Å². The van der Waals surface area contributed by atoms with Crippen molar-refractivity contribution in [2.24, 2.45) is 0 Å². The van der Waals surface area contributed by atoms with Gasteiger partial charge in [0, 0.05) is 11.5 Å². The summed E-state index contributed by atoms with van der Waals surface area (Å²) in [5.74, 6) is 0.0276. The number of ether oxygens (including phenoxy) is 1. The van der Waals surface area contributed by atoms with Gasteiger partial charge in [0.2, 0.25) is 0 Å². The first kappa shape index (κ1) is 19.3. The number of likely N-dealkylation sites (N-methyl/N-ethyl adjacent to an activating group) is 1. The highest BCUT2D eigenvalue weighted by Gasteiger charge is 2.31. The van der Waals surface area contributed by atoms with Crippen LogP contribution in [-0.4, -0.2) is 23.1 Å². The summed E-state index contributed by atoms with van der Waals surface area (Å²) in [6.45, 7) is 0.320. The van der Waals surface area contributed by atoms with Crippen molar-refractivity contribution in [1.82, 2.24) is 4.90 Å². The lowest BCUT2D eigenvalue weighted by Crippen LogP contribution is -2.22. The third kappa shape index (κ3) is 4.26. The van der Waals surface area contributed by atoms with E-state index in [9.17, 15) is 9.59 Å². The van der Waals surface area contributed by atoms with Gasteiger partial charge in [-0.15, -0.1) is 0 Å². The number of rotatable bonds is 4. The molecule has 8 heteroatoms. The van der Waals surface area contributed by atoms with Gasteiger partial charge in [-0.25, -0.2) is 0 Å². The van der Waals surface area contributed by atoms with E-state index in [0.717, 1.165) is 26.7 Å². The Hall–Kier alpha value is -1.47. The topological polar surface area (TPSA) is 46.6 Å². The fourth-order valence-electron chi connectivity index (χ4n) is 2.23. The molecule has 26 heavy (non-hydrogen) atoms. The minimum absolute atomic E-state index is 0.312. The lowest BCUT2D eigenvalue weighted by Gasteiger charge is -2.11. The normalized spacial score (nSPS) is 15.8. The Kier molecular flexibility index (Phi) is 5.97. The molecule has 3 rings (SSSR count). The zero-order valence-corrected chi connectivity index (χ0v) is 17.4. The molecule has 134 valence electrons. The minimum Gasteiger partial charge on any atom is -0.486 e. The summed E-state index contributed by atoms with van der Waals surface area (Å²) < 4.78 is 6.72. The second kappa shape index (κ2) is 8.05. The van der Waals surface area contributed by atoms with Crippen LogP contribution < -0.4 is 4.74 Å². The summed E-state index contributed by atoms with van der Waals surface area (Å²) in [6, 6.07) is 11.0. The van der Waals surface area contributed by atoms with Gasteiger partial charge < -0.3 is 4.74 Å². The summed E-state index contributed by atoms with van der Waals surface area (Å²) in [6.07, 6.45) is 1.59. The van der Waals surface area contributed by atoms with Crippen molar-refractivity contribution < 1.29 is 14.3 Å². The zero-order chi connectivity index (χ0) is 18.8. The predicted octanol–water partition coefficient (Wildman–Crippen LogP) is 6.00. The zero-order valence-electron chi connectivity index (χ0n) is 13.5. The molecule has 0 aromatic heterocycles. The van der Waals surface area contributed by atoms with Gasteiger partial charge >= 0.3 is 0 Å². The molecule has 1 heterocycles. The molecule has 1 aliphatic heterocycles. The van der Waals surface area contributed by atoms with E-state index in [2.05, 4.69) is 15.9 Å². The first-order valence-electron chi connectivity index (χ1n) is 7.43. The molecule has 0 saturated carbocycles. The second-order valence-electron chi connectivity index (χ2n) is 5.47. The number of hydrogen-bond donors (Lipinski definition) is 0. The highest BCUT2D eigenvalue weighted by molar-refractivity contribution is 9.10. The van der Waals surface area contributed by atoms with Crippen LogP contribution in [-0.2, 0) is 11.4 Å². The number of thioether (sulfide) groups is 1. The van der Waals surface area contributed by atoms with Crippen LogP contribution in [0, 0.1) is 0 Å². The molecule has 1 aliphatic rings. The number of carbonyl (C=O) groups excluding carboxylic acids is 2. The Bertz CT molecular complexity index is 892. The Morgan fingerprint density at radius 3 is 2.31 bits per heavy atom. The van der Waals surface area contributed by atoms with E-state index < -0.39 is 0 Å². The summed E-state index contributed by atoms with van der Waals surface area (Å²) in [5, 5.41) is 0.348. The van der Waals surface area contributed by atoms with Gasteiger partial charge in [-0.3, -0.25) is 14.5 Å². The van der Waals surface area contributed by atoms with Gasteiger partial charge in [0.1, 0.15) is 6.61 Å². The molecule has 0 spiro atoms. The number of imide groups is 1. The van der Waals surface area contributed by atoms with E-state index in [1.807, 2.05) is 24.3 Å². The van der Waals surface area contributed by atoms with Gasteiger partial charge in [-0.2, -0.15) is 0 Å². The molecule has 0 aliphatic carbocycles. The maximum atomic E-state index is 12.0. The largest absolute Gasteiger partial charge is 0.486 e. The maximum Gasteiger partial charge on any atom is 0.293 e. The third-order valence-electron chi connectivity index (χ3n) is 3.60. The molecule has 4 nitrogen and oxygen atoms in total. The van der Waals surface area contributed by atoms with Crippen molar-refractivity contribution >= 4 is 68.1 Å². The van der Waals surface area contributed by atoms with Crippen LogP contribution in [0.2, 0.25) is 10.0 Å². The van der Waals surface area contributed by atoms with Crippen molar-refractivity contribution in [2.45, 2.75) is 6.61 Å². The van der Waals surface area contributed by atoms with Gasteiger partial charge in [0.15, 0.2) is 5.75 Å². The Morgan fingerprint density at radius 1 is 1.15 bits per heavy atom. The number of hydrogen-bond acceptors (Lipinski definition) is 4. The Balaban J connectivity index is 1.79. The van der Waals surface area contributed by atoms with Crippen molar-refractivity contribution in [1.29, 1.82) is 0 Å². The molecule has 1 fully saturated rings. The van der Waals surface area contributed by atoms with E-state index in [1.54, 1.807) is 18.2 Å². The fourth-order valence-corrected chi connectivity index (χ4v) is 3.94. The average molecular weight is 473 g/mol. The van der Waals surface area contributed by atoms with E-state index in [-0.39, 0.29) is 11.1 Å². The maximum absolute atomic E-state index is 12.0. The lowest BCUT2D eigenvalue weighted by atomic mass is 10.2. The molecule has 0 radical (unpaired) electrons. The summed E-state index contributed by atoms with van der Waals surface area (Å²) >= 11 is 16.8. The van der Waals surface area contributed by atoms with Crippen LogP contribution in [0.5, 0.6) is 5.75 Å². The van der Waals surface area contributed by atoms with Crippen LogP contribution in [0.1, 0.15) is 11.1 Å². The van der Waals surface area contributed by atoms with Crippen molar-refractivity contribution in [3.05, 3.63) is 66.9 Å². The van der Waals surface area contributed by atoms with Gasteiger partial charge in [0.05, 0.1) is 15.0 Å². The standard InChI is InChI=1S/C18H12BrCl2NO3S/c1-22-17(23)15(26-18(22)24)8-11-6-13(20)16(14(21)7-11)25-9-10-2-4-12(19)5-3-10/h2-8H,9H2,1H3/b15-8-. The molecule has 2 aromatic rings. The first-order chi connectivity index (χ1) is 12.3. The summed E-state index contributed by atoms with van der Waals surface area (Å²) in [4.78, 5) is 24.9. The Morgan fingerprint density at radius 2 is 1.77 bits per heavy atom. The summed E-state index contributed by atoms with van der Waals surface area (Å²) in [5.41, 5.74) is 1.59. The van der Waals surface area contributed by atoms with Crippen LogP contribution >= 0.6 is 50.9 Å². The highest BCUT2D eigenvalue weighted by atomic mass is 79.9. The highest BCUT2D eigenvalue weighted by Crippen LogP contribution is 2.37. The second-order valence-corrected chi connectivity index (χ2v) is 8.19. The molecule has 0 unspecified atom stereocenters. The lowest BCUT2D eigenvalue weighted by molar-refractivity contribution is -0.121. The fraction of sp³-hybridized carbons (Fsp3) is 0.111. The van der Waals surface area contributed by atoms with Crippen molar-refractivity contribution in [3.63, 3.8) is 0 Å². The molecular formula is C18H12BrCl2NO3S. The molecule has 0 N–H and O–H groups in total. The molecule has 0 atom stereocenters. The van der Waals surface area contributed by atoms with Crippen LogP contribution in [0.25, 0.3) is 6.08 Å². The molecular weight excluding hydrogens is 461 g/mol.